The first-order valence-electron chi connectivity index (χ1n) is 11.3. The van der Waals surface area contributed by atoms with Crippen LogP contribution in [0.3, 0.4) is 0 Å². The van der Waals surface area contributed by atoms with Gasteiger partial charge in [-0.15, -0.1) is 0 Å². The summed E-state index contributed by atoms with van der Waals surface area (Å²) in [6.07, 6.45) is 1.44. The first-order chi connectivity index (χ1) is 16.9. The Labute approximate surface area is 204 Å². The zero-order valence-electron chi connectivity index (χ0n) is 19.8. The standard InChI is InChI=1S/C28H26N2O5/c1-4-34-25-16-20(10-11-24(25)35-17-21-13-18(2)12-19(3)14-21)15-23-26(31)29-28(33)30(27(23)32)22-8-6-5-7-9-22/h5-16H,4,17H2,1-3H3,(H,29,31,33)/b23-15+. The fourth-order valence-electron chi connectivity index (χ4n) is 3.95. The molecule has 178 valence electrons. The van der Waals surface area contributed by atoms with Crippen LogP contribution in [0.5, 0.6) is 11.5 Å². The predicted molar refractivity (Wildman–Crippen MR) is 133 cm³/mol. The molecule has 7 nitrogen and oxygen atoms in total. The molecule has 1 fully saturated rings. The first-order valence-corrected chi connectivity index (χ1v) is 11.3. The summed E-state index contributed by atoms with van der Waals surface area (Å²) in [6, 6.07) is 19.1. The van der Waals surface area contributed by atoms with E-state index in [2.05, 4.69) is 23.5 Å². The van der Waals surface area contributed by atoms with Gasteiger partial charge in [0.15, 0.2) is 11.5 Å². The lowest BCUT2D eigenvalue weighted by Gasteiger charge is -2.26. The number of barbiturate groups is 1. The number of amides is 4. The average molecular weight is 471 g/mol. The summed E-state index contributed by atoms with van der Waals surface area (Å²) in [7, 11) is 0. The number of hydrogen-bond acceptors (Lipinski definition) is 5. The van der Waals surface area contributed by atoms with Crippen molar-refractivity contribution in [2.45, 2.75) is 27.4 Å². The average Bonchev–Trinajstić information content (AvgIpc) is 2.81. The summed E-state index contributed by atoms with van der Waals surface area (Å²) < 4.78 is 11.8. The molecule has 4 rings (SSSR count). The van der Waals surface area contributed by atoms with E-state index in [4.69, 9.17) is 9.47 Å². The molecule has 0 spiro atoms. The van der Waals surface area contributed by atoms with Crippen LogP contribution in [0.25, 0.3) is 6.08 Å². The van der Waals surface area contributed by atoms with Crippen LogP contribution in [0.2, 0.25) is 0 Å². The summed E-state index contributed by atoms with van der Waals surface area (Å²) in [5, 5.41) is 2.23. The van der Waals surface area contributed by atoms with E-state index < -0.39 is 17.8 Å². The number of carbonyl (C=O) groups excluding carboxylic acids is 3. The Hall–Kier alpha value is -4.39. The molecule has 0 atom stereocenters. The van der Waals surface area contributed by atoms with Crippen LogP contribution >= 0.6 is 0 Å². The second-order valence-electron chi connectivity index (χ2n) is 8.22. The molecule has 0 aliphatic carbocycles. The maximum atomic E-state index is 13.1. The number of carbonyl (C=O) groups is 3. The maximum absolute atomic E-state index is 13.1. The minimum atomic E-state index is -0.784. The highest BCUT2D eigenvalue weighted by atomic mass is 16.5. The SMILES string of the molecule is CCOc1cc(/C=C2\C(=O)NC(=O)N(c3ccccc3)C2=O)ccc1OCc1cc(C)cc(C)c1. The second-order valence-corrected chi connectivity index (χ2v) is 8.22. The highest BCUT2D eigenvalue weighted by molar-refractivity contribution is 6.39. The van der Waals surface area contributed by atoms with Gasteiger partial charge in [0.25, 0.3) is 11.8 Å². The zero-order valence-corrected chi connectivity index (χ0v) is 19.8. The minimum absolute atomic E-state index is 0.153. The smallest absolute Gasteiger partial charge is 0.335 e. The van der Waals surface area contributed by atoms with Gasteiger partial charge >= 0.3 is 6.03 Å². The molecule has 3 aromatic rings. The third kappa shape index (κ3) is 5.41. The first kappa shape index (κ1) is 23.8. The van der Waals surface area contributed by atoms with Crippen molar-refractivity contribution in [2.75, 3.05) is 11.5 Å². The number of hydrogen-bond donors (Lipinski definition) is 1. The molecule has 1 heterocycles. The third-order valence-corrected chi connectivity index (χ3v) is 5.37. The lowest BCUT2D eigenvalue weighted by Crippen LogP contribution is -2.54. The topological polar surface area (TPSA) is 84.9 Å². The Kier molecular flexibility index (Phi) is 6.96. The molecule has 0 saturated carbocycles. The van der Waals surface area contributed by atoms with Gasteiger partial charge in [0.1, 0.15) is 12.2 Å². The van der Waals surface area contributed by atoms with E-state index >= 15 is 0 Å². The van der Waals surface area contributed by atoms with Crippen molar-refractivity contribution < 1.29 is 23.9 Å². The summed E-state index contributed by atoms with van der Waals surface area (Å²) in [4.78, 5) is 38.8. The normalized spacial score (nSPS) is 14.8. The van der Waals surface area contributed by atoms with Crippen LogP contribution in [-0.4, -0.2) is 24.5 Å². The van der Waals surface area contributed by atoms with Gasteiger partial charge in [-0.05, 0) is 62.2 Å². The summed E-state index contributed by atoms with van der Waals surface area (Å²) >= 11 is 0. The number of nitrogens with one attached hydrogen (secondary N) is 1. The van der Waals surface area contributed by atoms with Gasteiger partial charge in [0.2, 0.25) is 0 Å². The van der Waals surface area contributed by atoms with Gasteiger partial charge in [0.05, 0.1) is 12.3 Å². The minimum Gasteiger partial charge on any atom is -0.490 e. The molecule has 7 heteroatoms. The van der Waals surface area contributed by atoms with Crippen molar-refractivity contribution in [1.82, 2.24) is 5.32 Å². The molecule has 1 N–H and O–H groups in total. The predicted octanol–water partition coefficient (Wildman–Crippen LogP) is 4.95. The fraction of sp³-hybridized carbons (Fsp3) is 0.179. The van der Waals surface area contributed by atoms with E-state index in [1.165, 1.54) is 6.08 Å². The third-order valence-electron chi connectivity index (χ3n) is 5.37. The number of rotatable bonds is 7. The molecule has 3 aromatic carbocycles. The van der Waals surface area contributed by atoms with Crippen LogP contribution in [0.1, 0.15) is 29.2 Å². The Morgan fingerprint density at radius 2 is 1.57 bits per heavy atom. The number of nitrogens with zero attached hydrogens (tertiary/aromatic N) is 1. The van der Waals surface area contributed by atoms with Crippen LogP contribution in [-0.2, 0) is 16.2 Å². The van der Waals surface area contributed by atoms with Crippen molar-refractivity contribution in [1.29, 1.82) is 0 Å². The summed E-state index contributed by atoms with van der Waals surface area (Å²) in [6.45, 7) is 6.73. The molecule has 0 bridgehead atoms. The summed E-state index contributed by atoms with van der Waals surface area (Å²) in [5.41, 5.74) is 4.15. The van der Waals surface area contributed by atoms with Gasteiger partial charge in [-0.25, -0.2) is 9.69 Å². The van der Waals surface area contributed by atoms with E-state index in [-0.39, 0.29) is 5.57 Å². The van der Waals surface area contributed by atoms with E-state index in [0.29, 0.717) is 36.0 Å². The fourth-order valence-corrected chi connectivity index (χ4v) is 3.95. The van der Waals surface area contributed by atoms with E-state index in [1.807, 2.05) is 20.8 Å². The number of aryl methyl sites for hydroxylation is 2. The highest BCUT2D eigenvalue weighted by Crippen LogP contribution is 2.31. The lowest BCUT2D eigenvalue weighted by atomic mass is 10.1. The van der Waals surface area contributed by atoms with Crippen molar-refractivity contribution in [3.63, 3.8) is 0 Å². The lowest BCUT2D eigenvalue weighted by molar-refractivity contribution is -0.122. The van der Waals surface area contributed by atoms with E-state index in [9.17, 15) is 14.4 Å². The van der Waals surface area contributed by atoms with Crippen LogP contribution in [0.4, 0.5) is 10.5 Å². The van der Waals surface area contributed by atoms with Gasteiger partial charge < -0.3 is 9.47 Å². The molecule has 35 heavy (non-hydrogen) atoms. The van der Waals surface area contributed by atoms with Crippen molar-refractivity contribution in [3.8, 4) is 11.5 Å². The molecule has 1 saturated heterocycles. The molecule has 0 aromatic heterocycles. The van der Waals surface area contributed by atoms with Crippen LogP contribution in [0, 0.1) is 13.8 Å². The van der Waals surface area contributed by atoms with E-state index in [1.54, 1.807) is 48.5 Å². The van der Waals surface area contributed by atoms with Crippen LogP contribution in [0.15, 0.2) is 72.3 Å². The van der Waals surface area contributed by atoms with Crippen LogP contribution < -0.4 is 19.7 Å². The Balaban J connectivity index is 1.61. The molecular formula is C28H26N2O5. The largest absolute Gasteiger partial charge is 0.490 e. The van der Waals surface area contributed by atoms with E-state index in [0.717, 1.165) is 21.6 Å². The molecule has 1 aliphatic rings. The highest BCUT2D eigenvalue weighted by Gasteiger charge is 2.36. The molecule has 0 unspecified atom stereocenters. The molecular weight excluding hydrogens is 444 g/mol. The maximum Gasteiger partial charge on any atom is 0.335 e. The number of ether oxygens (including phenoxy) is 2. The molecule has 0 radical (unpaired) electrons. The van der Waals surface area contributed by atoms with Crippen molar-refractivity contribution >= 4 is 29.6 Å². The second kappa shape index (κ2) is 10.3. The van der Waals surface area contributed by atoms with Gasteiger partial charge in [0, 0.05) is 0 Å². The monoisotopic (exact) mass is 470 g/mol. The van der Waals surface area contributed by atoms with Gasteiger partial charge in [-0.3, -0.25) is 14.9 Å². The number of benzene rings is 3. The van der Waals surface area contributed by atoms with Crippen molar-refractivity contribution in [2.24, 2.45) is 0 Å². The van der Waals surface area contributed by atoms with Gasteiger partial charge in [-0.2, -0.15) is 0 Å². The number of urea groups is 1. The Morgan fingerprint density at radius 3 is 2.26 bits per heavy atom. The quantitative estimate of drug-likeness (QED) is 0.390. The number of anilines is 1. The van der Waals surface area contributed by atoms with Gasteiger partial charge in [-0.1, -0.05) is 53.6 Å². The zero-order chi connectivity index (χ0) is 24.9. The summed E-state index contributed by atoms with van der Waals surface area (Å²) in [5.74, 6) is -0.405. The number of para-hydroxylation sites is 1. The van der Waals surface area contributed by atoms with Crippen molar-refractivity contribution in [3.05, 3.63) is 94.6 Å². The molecule has 4 amide bonds. The Bertz CT molecular complexity index is 1290. The molecule has 1 aliphatic heterocycles. The number of imide groups is 2. The Morgan fingerprint density at radius 1 is 0.857 bits per heavy atom.